The van der Waals surface area contributed by atoms with Gasteiger partial charge >= 0.3 is 65.4 Å². The summed E-state index contributed by atoms with van der Waals surface area (Å²) in [4.78, 5) is 0. The summed E-state index contributed by atoms with van der Waals surface area (Å²) in [5.41, 5.74) is 0. The topological polar surface area (TPSA) is 0 Å². The van der Waals surface area contributed by atoms with E-state index in [1.807, 2.05) is 12.5 Å². The fourth-order valence-electron chi connectivity index (χ4n) is 0.493. The molecule has 0 saturated heterocycles. The first-order chi connectivity index (χ1) is 9.24. The van der Waals surface area contributed by atoms with Crippen LogP contribution in [0.3, 0.4) is 0 Å². The molecule has 0 aromatic carbocycles. The maximum Gasteiger partial charge on any atom is 3.00 e. The minimum absolute atomic E-state index is 0. The fraction of sp³-hybridized carbons (Fsp3) is 0.0476. The summed E-state index contributed by atoms with van der Waals surface area (Å²) in [5, 5.41) is 0. The predicted molar refractivity (Wildman–Crippen MR) is 97.5 cm³/mol. The molecule has 0 aromatic rings. The maximum absolute atomic E-state index is 5.08. The smallest absolute Gasteiger partial charge is 0.394 e. The van der Waals surface area contributed by atoms with Crippen LogP contribution in [-0.2, 0) is 414 Å². The Morgan fingerprint density at radius 2 is 0.912 bits per heavy atom. The van der Waals surface area contributed by atoms with Crippen molar-refractivity contribution in [2.45, 2.75) is 6.42 Å². The minimum atomic E-state index is 0. The average Bonchev–Trinajstić information content (AvgIpc) is 2.45. The van der Waals surface area contributed by atoms with E-state index >= 15 is 0 Å². The summed E-state index contributed by atoms with van der Waals surface area (Å²) in [6.07, 6.45) is 21.1. The van der Waals surface area contributed by atoms with E-state index < -0.39 is 0 Å². The van der Waals surface area contributed by atoms with Gasteiger partial charge in [0, 0.05) is 348 Å². The molecule has 0 aliphatic rings. The minimum Gasteiger partial charge on any atom is -0.394 e. The van der Waals surface area contributed by atoms with E-state index in [-0.39, 0.29) is 428 Å². The van der Waals surface area contributed by atoms with Gasteiger partial charge in [0.2, 0.25) is 0 Å². The van der Waals surface area contributed by atoms with Crippen molar-refractivity contribution in [2.24, 2.45) is 0 Å². The van der Waals surface area contributed by atoms with Crippen LogP contribution in [0, 0.1) is 67.2 Å². The summed E-state index contributed by atoms with van der Waals surface area (Å²) in [6.45, 7) is 27.9. The molecule has 0 rings (SSSR count). The zero-order valence-electron chi connectivity index (χ0n) is 20.5. The molecule has 0 bridgehead atoms. The predicted octanol–water partition coefficient (Wildman–Crippen LogP) is 5.67. The summed E-state index contributed by atoms with van der Waals surface area (Å²) in [6, 6.07) is 0. The zero-order chi connectivity index (χ0) is 15.2. The third-order valence-electron chi connectivity index (χ3n) is 1.17. The van der Waals surface area contributed by atoms with Crippen LogP contribution < -0.4 is 0 Å². The van der Waals surface area contributed by atoms with Gasteiger partial charge in [-0.15, -0.1) is 0 Å². The largest absolute Gasteiger partial charge is 3.00 e. The monoisotopic (exact) mass is 1530 g/mol. The van der Waals surface area contributed by atoms with Crippen LogP contribution in [0.25, 0.3) is 0 Å². The Bertz CT molecular complexity index is 312. The summed E-state index contributed by atoms with van der Waals surface area (Å²) >= 11 is 0. The first-order valence-corrected chi connectivity index (χ1v) is 5.46. The van der Waals surface area contributed by atoms with E-state index in [9.17, 15) is 0 Å². The van der Waals surface area contributed by atoms with E-state index in [1.54, 1.807) is 24.3 Å². The maximum atomic E-state index is 5.08. The first-order valence-electron chi connectivity index (χ1n) is 5.46. The van der Waals surface area contributed by atoms with Crippen LogP contribution in [-0.4, -0.2) is 0 Å². The van der Waals surface area contributed by atoms with Gasteiger partial charge in [0.25, 0.3) is 0 Å². The van der Waals surface area contributed by atoms with Gasteiger partial charge in [-0.05, 0) is 0 Å². The third kappa shape index (κ3) is 170. The molecule has 156 valence electrons. The quantitative estimate of drug-likeness (QED) is 0.175. The number of hydrogen-bond acceptors (Lipinski definition) is 0. The van der Waals surface area contributed by atoms with Crippen molar-refractivity contribution in [1.82, 2.24) is 0 Å². The van der Waals surface area contributed by atoms with Crippen molar-refractivity contribution < 1.29 is 414 Å². The number of allylic oxidation sites excluding steroid dienone is 11. The van der Waals surface area contributed by atoms with Gasteiger partial charge < -0.3 is 65.0 Å². The van der Waals surface area contributed by atoms with E-state index in [0.29, 0.717) is 0 Å². The molecule has 0 aliphatic carbocycles. The molecule has 0 fully saturated rings. The number of rotatable bonds is 7. The molecule has 13 heteroatoms. The Morgan fingerprint density at radius 1 is 0.588 bits per heavy atom. The van der Waals surface area contributed by atoms with Crippen molar-refractivity contribution >= 4 is 0 Å². The van der Waals surface area contributed by atoms with Crippen LogP contribution in [0.4, 0.5) is 0 Å². The van der Waals surface area contributed by atoms with Crippen LogP contribution in [0.1, 0.15) is 6.42 Å². The molecule has 0 aromatic heterocycles. The second kappa shape index (κ2) is 140. The Hall–Kier alpha value is 11.6. The molecule has 0 amide bonds. The van der Waals surface area contributed by atoms with Crippen molar-refractivity contribution in [3.63, 3.8) is 0 Å². The molecule has 0 nitrogen and oxygen atoms in total. The molecule has 10 radical (unpaired) electrons. The SMILES string of the molecule is [CH-]=CC=C[CH2-].[CH-]=CC=[C-]C[CH-]C=CC=[CH-].[CH-]=CC=[CH-].[CH3-].[CH3-].[W].[Y+3].[Y+3].[Y].[Y].[Y].[Y].[Y].[Y].[Y].[Y].[Y].[Y]. The number of unbranched alkanes of at least 4 members (excludes halogenated alkanes) is 1. The Kier molecular flexibility index (Phi) is 491. The third-order valence-corrected chi connectivity index (χ3v) is 1.17. The molecule has 34 heavy (non-hydrogen) atoms. The Labute approximate surface area is 532 Å². The molecular formula is C21H26WY12-4. The fourth-order valence-corrected chi connectivity index (χ4v) is 0.493. The first kappa shape index (κ1) is 119. The molecule has 0 saturated carbocycles. The zero-order valence-corrected chi connectivity index (χ0v) is 57.5. The molecule has 0 heterocycles. The summed E-state index contributed by atoms with van der Waals surface area (Å²) < 4.78 is 0. The number of hydrogen-bond donors (Lipinski definition) is 0. The average molecular weight is 1530 g/mol. The molecule has 0 atom stereocenters. The van der Waals surface area contributed by atoms with E-state index in [1.165, 1.54) is 30.4 Å². The van der Waals surface area contributed by atoms with Crippen LogP contribution in [0.2, 0.25) is 0 Å². The van der Waals surface area contributed by atoms with Gasteiger partial charge in [0.05, 0.1) is 0 Å². The standard InChI is InChI=1S/C10H10.C5H6.C4H4.2CH3.W.12Y/c1-3-5-7-9-10-8-6-4-2;1-3-5-4-2;1-3-4-2;;;;;;;;;;;;;;;/h1-7,9H,10H2;1,3-5H,2H2;1-4H;2*1H3;;;;;;;;;;;;;/q-4;2*-2;2*-1;;;;;;;;;;;;2*+3. The molecule has 0 spiro atoms. The Balaban J connectivity index is -0.00000000613. The second-order valence-corrected chi connectivity index (χ2v) is 2.59. The second-order valence-electron chi connectivity index (χ2n) is 2.59. The van der Waals surface area contributed by atoms with Crippen LogP contribution >= 0.6 is 0 Å². The summed E-state index contributed by atoms with van der Waals surface area (Å²) in [7, 11) is 0. The van der Waals surface area contributed by atoms with Crippen molar-refractivity contribution in [1.29, 1.82) is 0 Å². The van der Waals surface area contributed by atoms with Crippen LogP contribution in [0.5, 0.6) is 0 Å². The molecule has 0 N–H and O–H groups in total. The van der Waals surface area contributed by atoms with Gasteiger partial charge in [-0.3, -0.25) is 13.2 Å². The normalized spacial score (nSPS) is 4.94. The van der Waals surface area contributed by atoms with Gasteiger partial charge in [0.1, 0.15) is 0 Å². The van der Waals surface area contributed by atoms with E-state index in [2.05, 4.69) is 13.0 Å². The van der Waals surface area contributed by atoms with E-state index in [4.69, 9.17) is 32.9 Å². The van der Waals surface area contributed by atoms with Gasteiger partial charge in [-0.1, -0.05) is 0 Å². The van der Waals surface area contributed by atoms with Crippen molar-refractivity contribution in [3.8, 4) is 0 Å². The van der Waals surface area contributed by atoms with E-state index in [0.717, 1.165) is 6.42 Å². The molecule has 0 unspecified atom stereocenters. The van der Waals surface area contributed by atoms with Gasteiger partial charge in [0.15, 0.2) is 0 Å². The van der Waals surface area contributed by atoms with Crippen molar-refractivity contribution in [2.75, 3.05) is 0 Å². The van der Waals surface area contributed by atoms with Crippen LogP contribution in [0.15, 0.2) is 60.8 Å². The molecule has 0 aliphatic heterocycles. The van der Waals surface area contributed by atoms with Gasteiger partial charge in [-0.2, -0.15) is 6.42 Å². The summed E-state index contributed by atoms with van der Waals surface area (Å²) in [5.74, 6) is 0. The van der Waals surface area contributed by atoms with Crippen molar-refractivity contribution in [3.05, 3.63) is 128 Å². The molecular weight excluding hydrogens is 1500 g/mol. The Morgan fingerprint density at radius 3 is 1.09 bits per heavy atom. The van der Waals surface area contributed by atoms with Gasteiger partial charge in [-0.25, -0.2) is 49.8 Å².